The minimum atomic E-state index is -0.922. The van der Waals surface area contributed by atoms with Gasteiger partial charge in [0.25, 0.3) is 0 Å². The zero-order chi connectivity index (χ0) is 9.42. The summed E-state index contributed by atoms with van der Waals surface area (Å²) in [6, 6.07) is 8.27. The summed E-state index contributed by atoms with van der Waals surface area (Å²) in [5.41, 5.74) is 1.86. The van der Waals surface area contributed by atoms with Crippen molar-refractivity contribution in [2.75, 3.05) is 0 Å². The van der Waals surface area contributed by atoms with E-state index in [-0.39, 0.29) is 5.69 Å². The molecule has 0 atom stereocenters. The number of hydrogen-bond acceptors (Lipinski definition) is 1. The van der Waals surface area contributed by atoms with Gasteiger partial charge in [-0.05, 0) is 30.7 Å². The number of carboxylic acid groups (broad SMARTS) is 1. The van der Waals surface area contributed by atoms with Crippen LogP contribution in [0.3, 0.4) is 0 Å². The van der Waals surface area contributed by atoms with Crippen molar-refractivity contribution in [2.24, 2.45) is 0 Å². The second kappa shape index (κ2) is 2.62. The van der Waals surface area contributed by atoms with Crippen molar-refractivity contribution in [3.05, 3.63) is 35.5 Å². The summed E-state index contributed by atoms with van der Waals surface area (Å²) >= 11 is 0. The van der Waals surface area contributed by atoms with Crippen LogP contribution in [0.2, 0.25) is 0 Å². The van der Waals surface area contributed by atoms with E-state index < -0.39 is 5.97 Å². The van der Waals surface area contributed by atoms with Gasteiger partial charge in [0.1, 0.15) is 5.69 Å². The Kier molecular flexibility index (Phi) is 1.59. The molecule has 2 rings (SSSR count). The molecule has 0 spiro atoms. The molecule has 1 aromatic heterocycles. The van der Waals surface area contributed by atoms with Gasteiger partial charge in [0.15, 0.2) is 0 Å². The number of aromatic carboxylic acids is 1. The standard InChI is InChI=1S/C10H8NO2/c1-6-7-4-2-3-5-8(7)11-9(6)10(12)13/h3-5,11H,1H3,(H,12,13). The first-order chi connectivity index (χ1) is 6.20. The Labute approximate surface area is 75.0 Å². The highest BCUT2D eigenvalue weighted by atomic mass is 16.4. The normalized spacial score (nSPS) is 10.5. The maximum atomic E-state index is 10.7. The number of hydrogen-bond donors (Lipinski definition) is 2. The van der Waals surface area contributed by atoms with Crippen LogP contribution in [0, 0.1) is 13.0 Å². The number of carboxylic acids is 1. The van der Waals surface area contributed by atoms with Gasteiger partial charge in [-0.3, -0.25) is 0 Å². The van der Waals surface area contributed by atoms with E-state index in [2.05, 4.69) is 11.1 Å². The van der Waals surface area contributed by atoms with E-state index in [1.807, 2.05) is 6.07 Å². The lowest BCUT2D eigenvalue weighted by Crippen LogP contribution is -1.97. The molecule has 0 aliphatic heterocycles. The van der Waals surface area contributed by atoms with Gasteiger partial charge in [-0.25, -0.2) is 4.79 Å². The molecule has 1 aromatic carbocycles. The van der Waals surface area contributed by atoms with E-state index in [1.165, 1.54) is 0 Å². The number of aryl methyl sites for hydroxylation is 1. The third-order valence-electron chi connectivity index (χ3n) is 2.12. The molecule has 1 radical (unpaired) electrons. The second-order valence-corrected chi connectivity index (χ2v) is 2.90. The quantitative estimate of drug-likeness (QED) is 0.694. The smallest absolute Gasteiger partial charge is 0.352 e. The average Bonchev–Trinajstić information content (AvgIpc) is 2.45. The highest BCUT2D eigenvalue weighted by Gasteiger charge is 2.12. The lowest BCUT2D eigenvalue weighted by molar-refractivity contribution is 0.0691. The van der Waals surface area contributed by atoms with Crippen molar-refractivity contribution >= 4 is 16.9 Å². The van der Waals surface area contributed by atoms with Crippen molar-refractivity contribution in [1.82, 2.24) is 4.98 Å². The van der Waals surface area contributed by atoms with Crippen molar-refractivity contribution in [3.8, 4) is 0 Å². The van der Waals surface area contributed by atoms with Crippen LogP contribution >= 0.6 is 0 Å². The van der Waals surface area contributed by atoms with Gasteiger partial charge in [-0.2, -0.15) is 0 Å². The van der Waals surface area contributed by atoms with Gasteiger partial charge >= 0.3 is 5.97 Å². The molecular weight excluding hydrogens is 166 g/mol. The SMILES string of the molecule is Cc1c(C(=O)O)[nH]c2cc[c]cc12. The molecule has 0 unspecified atom stereocenters. The lowest BCUT2D eigenvalue weighted by atomic mass is 10.1. The first-order valence-corrected chi connectivity index (χ1v) is 3.92. The Balaban J connectivity index is 2.81. The molecule has 0 bridgehead atoms. The van der Waals surface area contributed by atoms with Crippen molar-refractivity contribution < 1.29 is 9.90 Å². The van der Waals surface area contributed by atoms with Gasteiger partial charge in [0.2, 0.25) is 0 Å². The molecule has 2 aromatic rings. The van der Waals surface area contributed by atoms with E-state index in [1.54, 1.807) is 19.1 Å². The molecule has 0 fully saturated rings. The number of rotatable bonds is 1. The Morgan fingerprint density at radius 1 is 1.62 bits per heavy atom. The fourth-order valence-electron chi connectivity index (χ4n) is 1.43. The van der Waals surface area contributed by atoms with Crippen LogP contribution in [-0.4, -0.2) is 16.1 Å². The van der Waals surface area contributed by atoms with E-state index in [9.17, 15) is 4.79 Å². The van der Waals surface area contributed by atoms with Gasteiger partial charge < -0.3 is 10.1 Å². The van der Waals surface area contributed by atoms with E-state index in [0.717, 1.165) is 16.5 Å². The number of aromatic nitrogens is 1. The number of fused-ring (bicyclic) bond motifs is 1. The molecule has 0 amide bonds. The molecular formula is C10H8NO2. The summed E-state index contributed by atoms with van der Waals surface area (Å²) in [4.78, 5) is 13.6. The molecule has 3 heteroatoms. The Bertz CT molecular complexity index is 471. The summed E-state index contributed by atoms with van der Waals surface area (Å²) in [7, 11) is 0. The third-order valence-corrected chi connectivity index (χ3v) is 2.12. The van der Waals surface area contributed by atoms with Crippen LogP contribution in [0.15, 0.2) is 18.2 Å². The molecule has 2 N–H and O–H groups in total. The molecule has 13 heavy (non-hydrogen) atoms. The molecule has 3 nitrogen and oxygen atoms in total. The Hall–Kier alpha value is -1.77. The van der Waals surface area contributed by atoms with E-state index in [4.69, 9.17) is 5.11 Å². The summed E-state index contributed by atoms with van der Waals surface area (Å²) < 4.78 is 0. The summed E-state index contributed by atoms with van der Waals surface area (Å²) in [5, 5.41) is 9.74. The van der Waals surface area contributed by atoms with Crippen LogP contribution in [0.1, 0.15) is 16.1 Å². The number of nitrogens with one attached hydrogen (secondary N) is 1. The highest BCUT2D eigenvalue weighted by Crippen LogP contribution is 2.20. The molecule has 0 aliphatic carbocycles. The Morgan fingerprint density at radius 2 is 2.38 bits per heavy atom. The molecule has 1 heterocycles. The second-order valence-electron chi connectivity index (χ2n) is 2.90. The van der Waals surface area contributed by atoms with Crippen LogP contribution in [0.4, 0.5) is 0 Å². The largest absolute Gasteiger partial charge is 0.477 e. The van der Waals surface area contributed by atoms with Crippen LogP contribution < -0.4 is 0 Å². The maximum Gasteiger partial charge on any atom is 0.352 e. The first-order valence-electron chi connectivity index (χ1n) is 3.92. The number of benzene rings is 1. The van der Waals surface area contributed by atoms with Gasteiger partial charge in [-0.1, -0.05) is 6.07 Å². The number of H-pyrrole nitrogens is 1. The minimum Gasteiger partial charge on any atom is -0.477 e. The molecule has 0 saturated heterocycles. The third kappa shape index (κ3) is 1.09. The zero-order valence-corrected chi connectivity index (χ0v) is 7.09. The van der Waals surface area contributed by atoms with E-state index >= 15 is 0 Å². The minimum absolute atomic E-state index is 0.259. The van der Waals surface area contributed by atoms with Gasteiger partial charge in [0, 0.05) is 10.9 Å². The summed E-state index contributed by atoms with van der Waals surface area (Å²) in [6.45, 7) is 1.79. The number of carbonyl (C=O) groups is 1. The van der Waals surface area contributed by atoms with Crippen molar-refractivity contribution in [3.63, 3.8) is 0 Å². The lowest BCUT2D eigenvalue weighted by Gasteiger charge is -1.89. The average molecular weight is 174 g/mol. The molecule has 0 saturated carbocycles. The van der Waals surface area contributed by atoms with Crippen LogP contribution in [0.5, 0.6) is 0 Å². The molecule has 65 valence electrons. The zero-order valence-electron chi connectivity index (χ0n) is 7.09. The monoisotopic (exact) mass is 174 g/mol. The van der Waals surface area contributed by atoms with Gasteiger partial charge in [-0.15, -0.1) is 0 Å². The summed E-state index contributed by atoms with van der Waals surface area (Å²) in [6.07, 6.45) is 0. The van der Waals surface area contributed by atoms with Gasteiger partial charge in [0.05, 0.1) is 0 Å². The highest BCUT2D eigenvalue weighted by molar-refractivity contribution is 5.96. The van der Waals surface area contributed by atoms with E-state index in [0.29, 0.717) is 0 Å². The van der Waals surface area contributed by atoms with Crippen molar-refractivity contribution in [1.29, 1.82) is 0 Å². The predicted octanol–water partition coefficient (Wildman–Crippen LogP) is 1.97. The topological polar surface area (TPSA) is 53.1 Å². The molecule has 0 aliphatic rings. The Morgan fingerprint density at radius 3 is 3.00 bits per heavy atom. The van der Waals surface area contributed by atoms with Crippen LogP contribution in [0.25, 0.3) is 10.9 Å². The fraction of sp³-hybridized carbons (Fsp3) is 0.100. The predicted molar refractivity (Wildman–Crippen MR) is 48.8 cm³/mol. The van der Waals surface area contributed by atoms with Crippen molar-refractivity contribution in [2.45, 2.75) is 6.92 Å². The fourth-order valence-corrected chi connectivity index (χ4v) is 1.43. The first kappa shape index (κ1) is 7.86. The summed E-state index contributed by atoms with van der Waals surface area (Å²) in [5.74, 6) is -0.922. The number of aromatic amines is 1. The maximum absolute atomic E-state index is 10.7. The van der Waals surface area contributed by atoms with Crippen LogP contribution in [-0.2, 0) is 0 Å².